The largest absolute Gasteiger partial charge is 0.495 e. The van der Waals surface area contributed by atoms with Gasteiger partial charge >= 0.3 is 0 Å². The number of para-hydroxylation sites is 2. The highest BCUT2D eigenvalue weighted by Gasteiger charge is 2.19. The number of methoxy groups -OCH3 is 1. The Hall–Kier alpha value is -3.13. The molecule has 4 rings (SSSR count). The molecule has 2 heterocycles. The van der Waals surface area contributed by atoms with Gasteiger partial charge in [0.25, 0.3) is 0 Å². The molecule has 0 radical (unpaired) electrons. The number of rotatable bonds is 11. The lowest BCUT2D eigenvalue weighted by Crippen LogP contribution is -2.46. The lowest BCUT2D eigenvalue weighted by molar-refractivity contribution is 0.238. The van der Waals surface area contributed by atoms with Crippen LogP contribution in [0.2, 0.25) is 0 Å². The maximum absolute atomic E-state index is 5.92. The average Bonchev–Trinajstić information content (AvgIpc) is 3.37. The summed E-state index contributed by atoms with van der Waals surface area (Å²) in [6.45, 7) is 6.91. The van der Waals surface area contributed by atoms with Crippen molar-refractivity contribution in [3.8, 4) is 11.5 Å². The van der Waals surface area contributed by atoms with Crippen LogP contribution in [0.25, 0.3) is 0 Å². The zero-order valence-corrected chi connectivity index (χ0v) is 18.8. The number of tetrazole rings is 1. The van der Waals surface area contributed by atoms with E-state index >= 15 is 0 Å². The monoisotopic (exact) mass is 436 g/mol. The predicted octanol–water partition coefficient (Wildman–Crippen LogP) is 2.91. The Labute approximate surface area is 189 Å². The number of piperazine rings is 1. The minimum Gasteiger partial charge on any atom is -0.495 e. The summed E-state index contributed by atoms with van der Waals surface area (Å²) in [5.74, 6) is 1.89. The van der Waals surface area contributed by atoms with Crippen molar-refractivity contribution in [1.82, 2.24) is 25.1 Å². The highest BCUT2D eigenvalue weighted by molar-refractivity contribution is 5.58. The lowest BCUT2D eigenvalue weighted by atomic mass is 10.1. The molecule has 3 aromatic rings. The maximum Gasteiger partial charge on any atom is 0.142 e. The molecule has 0 atom stereocenters. The highest BCUT2D eigenvalue weighted by Crippen LogP contribution is 2.28. The zero-order chi connectivity index (χ0) is 22.0. The van der Waals surface area contributed by atoms with Crippen LogP contribution in [0.15, 0.2) is 54.9 Å². The first kappa shape index (κ1) is 22.1. The zero-order valence-electron chi connectivity index (χ0n) is 18.8. The summed E-state index contributed by atoms with van der Waals surface area (Å²) in [6, 6.07) is 16.6. The molecule has 1 saturated heterocycles. The third kappa shape index (κ3) is 6.20. The van der Waals surface area contributed by atoms with E-state index in [1.165, 1.54) is 11.3 Å². The van der Waals surface area contributed by atoms with E-state index in [1.54, 1.807) is 18.1 Å². The van der Waals surface area contributed by atoms with Crippen LogP contribution in [0.3, 0.4) is 0 Å². The molecule has 8 heteroatoms. The molecular weight excluding hydrogens is 404 g/mol. The van der Waals surface area contributed by atoms with Crippen molar-refractivity contribution in [2.45, 2.75) is 25.8 Å². The number of unbranched alkanes of at least 4 members (excludes halogenated alkanes) is 1. The molecule has 0 saturated carbocycles. The van der Waals surface area contributed by atoms with E-state index in [0.29, 0.717) is 0 Å². The summed E-state index contributed by atoms with van der Waals surface area (Å²) in [7, 11) is 1.74. The SMILES string of the molecule is COc1ccccc1N1CCN(CCCCOc2ccc(CCn3cnnn3)cc2)CC1. The first-order valence-electron chi connectivity index (χ1n) is 11.3. The quantitative estimate of drug-likeness (QED) is 0.428. The Morgan fingerprint density at radius 1 is 0.906 bits per heavy atom. The smallest absolute Gasteiger partial charge is 0.142 e. The van der Waals surface area contributed by atoms with Crippen molar-refractivity contribution in [2.24, 2.45) is 0 Å². The molecule has 1 aliphatic heterocycles. The van der Waals surface area contributed by atoms with Crippen LogP contribution in [0, 0.1) is 0 Å². The van der Waals surface area contributed by atoms with Gasteiger partial charge in [0.2, 0.25) is 0 Å². The van der Waals surface area contributed by atoms with Crippen molar-refractivity contribution in [3.05, 3.63) is 60.4 Å². The van der Waals surface area contributed by atoms with E-state index in [-0.39, 0.29) is 0 Å². The topological polar surface area (TPSA) is 68.5 Å². The van der Waals surface area contributed by atoms with Crippen molar-refractivity contribution >= 4 is 5.69 Å². The molecule has 8 nitrogen and oxygen atoms in total. The van der Waals surface area contributed by atoms with Crippen LogP contribution in [-0.4, -0.2) is 71.5 Å². The first-order valence-corrected chi connectivity index (χ1v) is 11.3. The van der Waals surface area contributed by atoms with Crippen LogP contribution >= 0.6 is 0 Å². The van der Waals surface area contributed by atoms with E-state index in [9.17, 15) is 0 Å². The van der Waals surface area contributed by atoms with Gasteiger partial charge in [-0.05, 0) is 66.1 Å². The average molecular weight is 437 g/mol. The third-order valence-electron chi connectivity index (χ3n) is 5.88. The molecule has 32 heavy (non-hydrogen) atoms. The van der Waals surface area contributed by atoms with Gasteiger partial charge in [-0.2, -0.15) is 0 Å². The summed E-state index contributed by atoms with van der Waals surface area (Å²) in [4.78, 5) is 4.97. The van der Waals surface area contributed by atoms with Crippen LogP contribution in [0.1, 0.15) is 18.4 Å². The number of aryl methyl sites for hydroxylation is 2. The van der Waals surface area contributed by atoms with E-state index in [1.807, 2.05) is 24.3 Å². The molecule has 1 fully saturated rings. The molecule has 0 bridgehead atoms. The van der Waals surface area contributed by atoms with Crippen LogP contribution in [0.5, 0.6) is 11.5 Å². The third-order valence-corrected chi connectivity index (χ3v) is 5.88. The van der Waals surface area contributed by atoms with Crippen LogP contribution in [-0.2, 0) is 13.0 Å². The fourth-order valence-corrected chi connectivity index (χ4v) is 4.01. The molecule has 0 aliphatic carbocycles. The van der Waals surface area contributed by atoms with E-state index in [0.717, 1.165) is 76.6 Å². The van der Waals surface area contributed by atoms with Gasteiger partial charge in [-0.25, -0.2) is 4.68 Å². The summed E-state index contributed by atoms with van der Waals surface area (Å²) >= 11 is 0. The second-order valence-electron chi connectivity index (χ2n) is 8.02. The number of hydrogen-bond donors (Lipinski definition) is 0. The Kier molecular flexibility index (Phi) is 7.92. The Balaban J connectivity index is 1.09. The van der Waals surface area contributed by atoms with E-state index < -0.39 is 0 Å². The van der Waals surface area contributed by atoms with E-state index in [4.69, 9.17) is 9.47 Å². The summed E-state index contributed by atoms with van der Waals surface area (Å²) in [5, 5.41) is 11.2. The molecule has 0 unspecified atom stereocenters. The van der Waals surface area contributed by atoms with E-state index in [2.05, 4.69) is 49.6 Å². The first-order chi connectivity index (χ1) is 15.8. The van der Waals surface area contributed by atoms with Crippen LogP contribution < -0.4 is 14.4 Å². The fourth-order valence-electron chi connectivity index (χ4n) is 4.01. The second kappa shape index (κ2) is 11.5. The van der Waals surface area contributed by atoms with Gasteiger partial charge in [-0.15, -0.1) is 5.10 Å². The summed E-state index contributed by atoms with van der Waals surface area (Å²) in [6.07, 6.45) is 4.75. The highest BCUT2D eigenvalue weighted by atomic mass is 16.5. The summed E-state index contributed by atoms with van der Waals surface area (Å²) in [5.41, 5.74) is 2.45. The molecular formula is C24H32N6O2. The number of benzene rings is 2. The van der Waals surface area contributed by atoms with Gasteiger partial charge in [0.1, 0.15) is 17.8 Å². The van der Waals surface area contributed by atoms with Crippen LogP contribution in [0.4, 0.5) is 5.69 Å². The van der Waals surface area contributed by atoms with Gasteiger partial charge in [-0.1, -0.05) is 24.3 Å². The Bertz CT molecular complexity index is 924. The molecule has 1 aromatic heterocycles. The van der Waals surface area contributed by atoms with Crippen molar-refractivity contribution in [1.29, 1.82) is 0 Å². The minimum absolute atomic E-state index is 0.755. The Morgan fingerprint density at radius 3 is 2.47 bits per heavy atom. The number of hydrogen-bond acceptors (Lipinski definition) is 7. The van der Waals surface area contributed by atoms with Gasteiger partial charge in [-0.3, -0.25) is 4.90 Å². The standard InChI is InChI=1S/C24H32N6O2/c1-31-24-7-3-2-6-23(24)29-17-15-28(16-18-29)13-4-5-19-32-22-10-8-21(9-11-22)12-14-30-20-25-26-27-30/h2-3,6-11,20H,4-5,12-19H2,1H3. The minimum atomic E-state index is 0.755. The second-order valence-corrected chi connectivity index (χ2v) is 8.02. The van der Waals surface area contributed by atoms with Gasteiger partial charge < -0.3 is 14.4 Å². The maximum atomic E-state index is 5.92. The number of nitrogens with zero attached hydrogens (tertiary/aromatic N) is 6. The predicted molar refractivity (Wildman–Crippen MR) is 124 cm³/mol. The normalized spacial score (nSPS) is 14.5. The van der Waals surface area contributed by atoms with Crippen molar-refractivity contribution in [2.75, 3.05) is 51.3 Å². The van der Waals surface area contributed by atoms with Gasteiger partial charge in [0.15, 0.2) is 0 Å². The van der Waals surface area contributed by atoms with Gasteiger partial charge in [0.05, 0.1) is 19.4 Å². The number of ether oxygens (including phenoxy) is 2. The summed E-state index contributed by atoms with van der Waals surface area (Å²) < 4.78 is 13.2. The number of anilines is 1. The number of aromatic nitrogens is 4. The molecule has 0 spiro atoms. The molecule has 0 N–H and O–H groups in total. The molecule has 170 valence electrons. The van der Waals surface area contributed by atoms with Crippen molar-refractivity contribution < 1.29 is 9.47 Å². The molecule has 1 aliphatic rings. The van der Waals surface area contributed by atoms with Gasteiger partial charge in [0, 0.05) is 32.7 Å². The molecule has 2 aromatic carbocycles. The Morgan fingerprint density at radius 2 is 1.72 bits per heavy atom. The van der Waals surface area contributed by atoms with Crippen molar-refractivity contribution in [3.63, 3.8) is 0 Å². The fraction of sp³-hybridized carbons (Fsp3) is 0.458. The lowest BCUT2D eigenvalue weighted by Gasteiger charge is -2.36. The molecule has 0 amide bonds.